The van der Waals surface area contributed by atoms with Gasteiger partial charge in [-0.05, 0) is 31.2 Å². The standard InChI is InChI=1S/C19H14F3S.CH4O3S/c1-13-16(20)12-17(19(22)18(13)21)23(14-8-4-2-5-9-14)15-10-6-3-7-11-15;1-5(2,3)4/h2-12H,1H3;1H3,(H,2,3,4)/q+1;/p-1. The van der Waals surface area contributed by atoms with Crippen molar-refractivity contribution < 1.29 is 26.1 Å². The third-order valence-electron chi connectivity index (χ3n) is 3.53. The van der Waals surface area contributed by atoms with E-state index in [-0.39, 0.29) is 10.5 Å². The highest BCUT2D eigenvalue weighted by Crippen LogP contribution is 2.34. The van der Waals surface area contributed by atoms with E-state index in [0.717, 1.165) is 15.9 Å². The van der Waals surface area contributed by atoms with Gasteiger partial charge < -0.3 is 4.55 Å². The van der Waals surface area contributed by atoms with Crippen molar-refractivity contribution in [2.45, 2.75) is 21.6 Å². The second kappa shape index (κ2) is 9.27. The topological polar surface area (TPSA) is 57.2 Å². The Labute approximate surface area is 164 Å². The molecule has 0 amide bonds. The van der Waals surface area contributed by atoms with E-state index in [2.05, 4.69) is 0 Å². The third kappa shape index (κ3) is 5.85. The van der Waals surface area contributed by atoms with E-state index in [1.54, 1.807) is 0 Å². The molecule has 148 valence electrons. The highest BCUT2D eigenvalue weighted by Gasteiger charge is 2.34. The Kier molecular flexibility index (Phi) is 7.29. The lowest BCUT2D eigenvalue weighted by atomic mass is 10.2. The van der Waals surface area contributed by atoms with Gasteiger partial charge in [0.15, 0.2) is 15.6 Å². The zero-order valence-electron chi connectivity index (χ0n) is 15.0. The van der Waals surface area contributed by atoms with Gasteiger partial charge in [0.05, 0.1) is 10.1 Å². The monoisotopic (exact) mass is 426 g/mol. The molecule has 0 spiro atoms. The number of hydrogen-bond acceptors (Lipinski definition) is 3. The first-order valence-corrected chi connectivity index (χ1v) is 11.0. The average molecular weight is 426 g/mol. The van der Waals surface area contributed by atoms with Crippen molar-refractivity contribution in [2.75, 3.05) is 6.26 Å². The van der Waals surface area contributed by atoms with E-state index >= 15 is 0 Å². The number of rotatable bonds is 3. The molecule has 0 aromatic heterocycles. The molecule has 3 nitrogen and oxygen atoms in total. The summed E-state index contributed by atoms with van der Waals surface area (Å²) in [5.74, 6) is -2.84. The van der Waals surface area contributed by atoms with Crippen molar-refractivity contribution in [1.29, 1.82) is 0 Å². The molecule has 0 saturated carbocycles. The molecule has 0 aliphatic rings. The molecule has 8 heteroatoms. The second-order valence-corrected chi connectivity index (χ2v) is 9.15. The fourth-order valence-corrected chi connectivity index (χ4v) is 4.44. The van der Waals surface area contributed by atoms with Crippen LogP contribution in [0.5, 0.6) is 0 Å². The van der Waals surface area contributed by atoms with Crippen LogP contribution in [0.25, 0.3) is 0 Å². The Morgan fingerprint density at radius 3 is 1.61 bits per heavy atom. The summed E-state index contributed by atoms with van der Waals surface area (Å²) in [7, 11) is -4.83. The van der Waals surface area contributed by atoms with Crippen molar-refractivity contribution in [2.24, 2.45) is 0 Å². The van der Waals surface area contributed by atoms with Crippen molar-refractivity contribution in [3.63, 3.8) is 0 Å². The van der Waals surface area contributed by atoms with Gasteiger partial charge >= 0.3 is 0 Å². The van der Waals surface area contributed by atoms with Gasteiger partial charge in [-0.1, -0.05) is 36.4 Å². The van der Waals surface area contributed by atoms with E-state index in [1.165, 1.54) is 6.92 Å². The number of halogens is 3. The minimum Gasteiger partial charge on any atom is -0.748 e. The summed E-state index contributed by atoms with van der Waals surface area (Å²) in [6, 6.07) is 19.5. The molecule has 3 rings (SSSR count). The lowest BCUT2D eigenvalue weighted by molar-refractivity contribution is 0.468. The SMILES string of the molecule is CS(=O)(=O)[O-].Cc1c(F)cc([S+](c2ccccc2)c2ccccc2)c(F)c1F. The third-order valence-corrected chi connectivity index (χ3v) is 5.76. The van der Waals surface area contributed by atoms with Crippen LogP contribution in [0.15, 0.2) is 81.4 Å². The lowest BCUT2D eigenvalue weighted by Gasteiger charge is -2.10. The quantitative estimate of drug-likeness (QED) is 0.347. The Bertz CT molecular complexity index is 994. The van der Waals surface area contributed by atoms with Gasteiger partial charge in [0.2, 0.25) is 10.7 Å². The largest absolute Gasteiger partial charge is 0.748 e. The molecule has 0 aliphatic carbocycles. The van der Waals surface area contributed by atoms with Crippen molar-refractivity contribution in [3.05, 3.63) is 89.7 Å². The molecule has 0 saturated heterocycles. The Balaban J connectivity index is 0.000000500. The Morgan fingerprint density at radius 2 is 1.21 bits per heavy atom. The first-order valence-electron chi connectivity index (χ1n) is 7.99. The van der Waals surface area contributed by atoms with Gasteiger partial charge in [-0.2, -0.15) is 4.39 Å². The molecule has 0 N–H and O–H groups in total. The molecule has 3 aromatic rings. The van der Waals surface area contributed by atoms with Crippen LogP contribution in [0.4, 0.5) is 13.2 Å². The zero-order chi connectivity index (χ0) is 20.9. The van der Waals surface area contributed by atoms with E-state index in [9.17, 15) is 13.2 Å². The molecule has 0 fully saturated rings. The molecular weight excluding hydrogens is 409 g/mol. The fourth-order valence-electron chi connectivity index (χ4n) is 2.32. The number of hydrogen-bond donors (Lipinski definition) is 0. The first kappa shape index (κ1) is 22.0. The van der Waals surface area contributed by atoms with Crippen LogP contribution < -0.4 is 0 Å². The maximum Gasteiger partial charge on any atom is 0.214 e. The van der Waals surface area contributed by atoms with Crippen LogP contribution in [0.3, 0.4) is 0 Å². The minimum absolute atomic E-state index is 0.0306. The van der Waals surface area contributed by atoms with Crippen LogP contribution in [0, 0.1) is 24.4 Å². The molecule has 0 atom stereocenters. The summed E-state index contributed by atoms with van der Waals surface area (Å²) in [6.45, 7) is 1.24. The van der Waals surface area contributed by atoms with Crippen molar-refractivity contribution in [1.82, 2.24) is 0 Å². The van der Waals surface area contributed by atoms with E-state index in [0.29, 0.717) is 6.26 Å². The molecule has 0 heterocycles. The minimum atomic E-state index is -3.92. The first-order chi connectivity index (χ1) is 13.1. The molecule has 0 radical (unpaired) electrons. The predicted octanol–water partition coefficient (Wildman–Crippen LogP) is 4.67. The second-order valence-electron chi connectivity index (χ2n) is 5.75. The zero-order valence-corrected chi connectivity index (χ0v) is 16.7. The smallest absolute Gasteiger partial charge is 0.214 e. The van der Waals surface area contributed by atoms with Crippen LogP contribution >= 0.6 is 0 Å². The van der Waals surface area contributed by atoms with Crippen LogP contribution in [-0.2, 0) is 21.0 Å². The fraction of sp³-hybridized carbons (Fsp3) is 0.100. The summed E-state index contributed by atoms with van der Waals surface area (Å²) >= 11 is 0. The molecule has 0 aliphatic heterocycles. The van der Waals surface area contributed by atoms with Gasteiger partial charge in [-0.3, -0.25) is 0 Å². The van der Waals surface area contributed by atoms with Crippen molar-refractivity contribution >= 4 is 21.0 Å². The Hall–Kier alpha value is -2.29. The van der Waals surface area contributed by atoms with E-state index in [1.807, 2.05) is 60.7 Å². The van der Waals surface area contributed by atoms with Crippen molar-refractivity contribution in [3.8, 4) is 0 Å². The summed E-state index contributed by atoms with van der Waals surface area (Å²) in [4.78, 5) is 1.64. The summed E-state index contributed by atoms with van der Waals surface area (Å²) in [6.07, 6.45) is 0.604. The highest BCUT2D eigenvalue weighted by molar-refractivity contribution is 7.97. The van der Waals surface area contributed by atoms with Gasteiger partial charge in [0.25, 0.3) is 0 Å². The summed E-state index contributed by atoms with van der Waals surface area (Å²) in [5.41, 5.74) is -0.295. The van der Waals surface area contributed by atoms with Crippen LogP contribution in [0.2, 0.25) is 0 Å². The highest BCUT2D eigenvalue weighted by atomic mass is 32.2. The molecular formula is C20H17F3O3S2. The normalized spacial score (nSPS) is 11.1. The van der Waals surface area contributed by atoms with E-state index < -0.39 is 38.5 Å². The van der Waals surface area contributed by atoms with Gasteiger partial charge in [-0.25, -0.2) is 17.2 Å². The lowest BCUT2D eigenvalue weighted by Crippen LogP contribution is -2.10. The van der Waals surface area contributed by atoms with E-state index in [4.69, 9.17) is 13.0 Å². The predicted molar refractivity (Wildman–Crippen MR) is 102 cm³/mol. The van der Waals surface area contributed by atoms with Gasteiger partial charge in [0, 0.05) is 17.9 Å². The summed E-state index contributed by atoms with van der Waals surface area (Å²) in [5, 5.41) is 0. The molecule has 28 heavy (non-hydrogen) atoms. The van der Waals surface area contributed by atoms with Crippen LogP contribution in [0.1, 0.15) is 5.56 Å². The Morgan fingerprint density at radius 1 is 0.821 bits per heavy atom. The molecule has 0 bridgehead atoms. The molecule has 3 aromatic carbocycles. The molecule has 0 unspecified atom stereocenters. The maximum atomic E-state index is 14.5. The van der Waals surface area contributed by atoms with Crippen LogP contribution in [-0.4, -0.2) is 19.2 Å². The van der Waals surface area contributed by atoms with Gasteiger partial charge in [-0.15, -0.1) is 0 Å². The van der Waals surface area contributed by atoms with Gasteiger partial charge in [0.1, 0.15) is 16.7 Å². The number of benzene rings is 3. The average Bonchev–Trinajstić information content (AvgIpc) is 2.65. The summed E-state index contributed by atoms with van der Waals surface area (Å²) < 4.78 is 69.8. The maximum absolute atomic E-state index is 14.5.